The van der Waals surface area contributed by atoms with Crippen LogP contribution in [0.1, 0.15) is 6.92 Å². The molecule has 0 aliphatic rings. The normalized spacial score (nSPS) is 11.8. The van der Waals surface area contributed by atoms with Gasteiger partial charge in [0, 0.05) is 17.1 Å². The summed E-state index contributed by atoms with van der Waals surface area (Å²) >= 11 is 0. The molecule has 0 radical (unpaired) electrons. The highest BCUT2D eigenvalue weighted by atomic mass is 16.5. The van der Waals surface area contributed by atoms with Crippen LogP contribution in [0.4, 0.5) is 5.69 Å². The quantitative estimate of drug-likeness (QED) is 0.764. The zero-order chi connectivity index (χ0) is 16.9. The molecule has 3 aromatic rings. The zero-order valence-electron chi connectivity index (χ0n) is 13.7. The molecule has 122 valence electrons. The largest absolute Gasteiger partial charge is 0.497 e. The van der Waals surface area contributed by atoms with Gasteiger partial charge >= 0.3 is 0 Å². The number of anilines is 1. The van der Waals surface area contributed by atoms with Crippen LogP contribution in [0.2, 0.25) is 0 Å². The van der Waals surface area contributed by atoms with E-state index in [-0.39, 0.29) is 5.91 Å². The molecule has 0 bridgehead atoms. The first-order valence-corrected chi connectivity index (χ1v) is 7.77. The molecule has 3 rings (SSSR count). The highest BCUT2D eigenvalue weighted by Crippen LogP contribution is 2.24. The summed E-state index contributed by atoms with van der Waals surface area (Å²) in [6.07, 6.45) is -0.629. The van der Waals surface area contributed by atoms with E-state index in [4.69, 9.17) is 9.47 Å². The van der Waals surface area contributed by atoms with Gasteiger partial charge in [-0.25, -0.2) is 0 Å². The van der Waals surface area contributed by atoms with Gasteiger partial charge in [0.1, 0.15) is 11.5 Å². The van der Waals surface area contributed by atoms with Crippen LogP contribution in [0.3, 0.4) is 0 Å². The maximum Gasteiger partial charge on any atom is 0.265 e. The zero-order valence-corrected chi connectivity index (χ0v) is 13.7. The van der Waals surface area contributed by atoms with E-state index in [1.807, 2.05) is 54.6 Å². The van der Waals surface area contributed by atoms with Crippen LogP contribution in [0.5, 0.6) is 11.5 Å². The first-order valence-electron chi connectivity index (χ1n) is 7.77. The summed E-state index contributed by atoms with van der Waals surface area (Å²) in [5.74, 6) is 1.08. The van der Waals surface area contributed by atoms with Crippen LogP contribution in [0.15, 0.2) is 66.7 Å². The Labute approximate surface area is 141 Å². The Morgan fingerprint density at radius 1 is 0.958 bits per heavy atom. The summed E-state index contributed by atoms with van der Waals surface area (Å²) in [6.45, 7) is 1.72. The fourth-order valence-electron chi connectivity index (χ4n) is 2.50. The molecule has 0 spiro atoms. The van der Waals surface area contributed by atoms with Crippen LogP contribution < -0.4 is 14.8 Å². The van der Waals surface area contributed by atoms with Crippen molar-refractivity contribution in [3.63, 3.8) is 0 Å². The Kier molecular flexibility index (Phi) is 4.66. The van der Waals surface area contributed by atoms with E-state index in [1.165, 1.54) is 0 Å². The second-order valence-electron chi connectivity index (χ2n) is 5.46. The van der Waals surface area contributed by atoms with Gasteiger partial charge in [-0.05, 0) is 30.5 Å². The van der Waals surface area contributed by atoms with E-state index in [9.17, 15) is 4.79 Å². The van der Waals surface area contributed by atoms with E-state index in [0.29, 0.717) is 11.5 Å². The number of amides is 1. The number of nitrogens with one attached hydrogen (secondary N) is 1. The van der Waals surface area contributed by atoms with Crippen LogP contribution in [-0.4, -0.2) is 19.1 Å². The van der Waals surface area contributed by atoms with Gasteiger partial charge in [0.25, 0.3) is 5.91 Å². The van der Waals surface area contributed by atoms with Gasteiger partial charge in [0.15, 0.2) is 6.10 Å². The van der Waals surface area contributed by atoms with Crippen molar-refractivity contribution in [2.24, 2.45) is 0 Å². The number of hydrogen-bond donors (Lipinski definition) is 1. The lowest BCUT2D eigenvalue weighted by molar-refractivity contribution is -0.122. The smallest absolute Gasteiger partial charge is 0.265 e. The second kappa shape index (κ2) is 7.04. The minimum atomic E-state index is -0.629. The molecule has 1 atom stereocenters. The van der Waals surface area contributed by atoms with Crippen LogP contribution in [0, 0.1) is 0 Å². The third-order valence-electron chi connectivity index (χ3n) is 3.77. The first kappa shape index (κ1) is 15.9. The molecule has 1 N–H and O–H groups in total. The number of hydrogen-bond acceptors (Lipinski definition) is 3. The van der Waals surface area contributed by atoms with Crippen molar-refractivity contribution < 1.29 is 14.3 Å². The van der Waals surface area contributed by atoms with Crippen molar-refractivity contribution in [2.75, 3.05) is 12.4 Å². The molecule has 0 aromatic heterocycles. The molecular weight excluding hydrogens is 302 g/mol. The molecule has 0 saturated carbocycles. The summed E-state index contributed by atoms with van der Waals surface area (Å²) in [5, 5.41) is 5.02. The van der Waals surface area contributed by atoms with Crippen molar-refractivity contribution >= 4 is 22.4 Å². The average molecular weight is 321 g/mol. The molecule has 0 aliphatic heterocycles. The minimum absolute atomic E-state index is 0.200. The molecule has 24 heavy (non-hydrogen) atoms. The summed E-state index contributed by atoms with van der Waals surface area (Å²) in [4.78, 5) is 12.4. The number of carbonyl (C=O) groups is 1. The van der Waals surface area contributed by atoms with Crippen LogP contribution >= 0.6 is 0 Å². The lowest BCUT2D eigenvalue weighted by atomic mass is 10.1. The minimum Gasteiger partial charge on any atom is -0.497 e. The van der Waals surface area contributed by atoms with Gasteiger partial charge in [-0.15, -0.1) is 0 Å². The number of ether oxygens (including phenoxy) is 2. The lowest BCUT2D eigenvalue weighted by Gasteiger charge is -2.16. The van der Waals surface area contributed by atoms with Gasteiger partial charge < -0.3 is 14.8 Å². The molecule has 0 heterocycles. The topological polar surface area (TPSA) is 47.6 Å². The van der Waals surface area contributed by atoms with E-state index in [2.05, 4.69) is 5.32 Å². The van der Waals surface area contributed by atoms with E-state index < -0.39 is 6.10 Å². The Balaban J connectivity index is 1.73. The summed E-state index contributed by atoms with van der Waals surface area (Å²) in [6, 6.07) is 20.9. The molecule has 0 unspecified atom stereocenters. The van der Waals surface area contributed by atoms with Crippen molar-refractivity contribution in [2.45, 2.75) is 13.0 Å². The number of benzene rings is 3. The number of methoxy groups -OCH3 is 1. The molecule has 4 nitrogen and oxygen atoms in total. The Hall–Kier alpha value is -3.01. The molecular formula is C20H19NO3. The van der Waals surface area contributed by atoms with Crippen LogP contribution in [0.25, 0.3) is 10.8 Å². The molecule has 4 heteroatoms. The molecule has 1 amide bonds. The third-order valence-corrected chi connectivity index (χ3v) is 3.77. The predicted octanol–water partition coefficient (Wildman–Crippen LogP) is 4.25. The second-order valence-corrected chi connectivity index (χ2v) is 5.46. The SMILES string of the molecule is COc1cccc(O[C@@H](C)C(=O)Nc2cccc3ccccc23)c1. The van der Waals surface area contributed by atoms with Crippen molar-refractivity contribution in [3.05, 3.63) is 66.7 Å². The van der Waals surface area contributed by atoms with E-state index in [0.717, 1.165) is 16.5 Å². The number of rotatable bonds is 5. The molecule has 3 aromatic carbocycles. The monoisotopic (exact) mass is 321 g/mol. The fraction of sp³-hybridized carbons (Fsp3) is 0.150. The maximum absolute atomic E-state index is 12.4. The van der Waals surface area contributed by atoms with E-state index in [1.54, 1.807) is 26.2 Å². The Morgan fingerprint density at radius 3 is 2.50 bits per heavy atom. The molecule has 0 aliphatic carbocycles. The van der Waals surface area contributed by atoms with Gasteiger partial charge in [-0.3, -0.25) is 4.79 Å². The van der Waals surface area contributed by atoms with E-state index >= 15 is 0 Å². The average Bonchev–Trinajstić information content (AvgIpc) is 2.62. The summed E-state index contributed by atoms with van der Waals surface area (Å²) in [7, 11) is 1.59. The highest BCUT2D eigenvalue weighted by Gasteiger charge is 2.16. The third kappa shape index (κ3) is 3.49. The van der Waals surface area contributed by atoms with Crippen molar-refractivity contribution in [1.29, 1.82) is 0 Å². The summed E-state index contributed by atoms with van der Waals surface area (Å²) < 4.78 is 10.9. The van der Waals surface area contributed by atoms with Crippen molar-refractivity contribution in [1.82, 2.24) is 0 Å². The Bertz CT molecular complexity index is 855. The first-order chi connectivity index (χ1) is 11.7. The molecule has 0 saturated heterocycles. The maximum atomic E-state index is 12.4. The standard InChI is InChI=1S/C20H19NO3/c1-14(24-17-10-6-9-16(13-17)23-2)20(22)21-19-12-5-8-15-7-3-4-11-18(15)19/h3-14H,1-2H3,(H,21,22)/t14-/m0/s1. The van der Waals surface area contributed by atoms with Gasteiger partial charge in [0.05, 0.1) is 7.11 Å². The lowest BCUT2D eigenvalue weighted by Crippen LogP contribution is -2.30. The van der Waals surface area contributed by atoms with Gasteiger partial charge in [-0.1, -0.05) is 42.5 Å². The summed E-state index contributed by atoms with van der Waals surface area (Å²) in [5.41, 5.74) is 0.777. The highest BCUT2D eigenvalue weighted by molar-refractivity contribution is 6.03. The number of carbonyl (C=O) groups excluding carboxylic acids is 1. The fourth-order valence-corrected chi connectivity index (χ4v) is 2.50. The predicted molar refractivity (Wildman–Crippen MR) is 95.7 cm³/mol. The Morgan fingerprint density at radius 2 is 1.67 bits per heavy atom. The van der Waals surface area contributed by atoms with Crippen LogP contribution in [-0.2, 0) is 4.79 Å². The number of fused-ring (bicyclic) bond motifs is 1. The van der Waals surface area contributed by atoms with Gasteiger partial charge in [-0.2, -0.15) is 0 Å². The molecule has 0 fully saturated rings. The van der Waals surface area contributed by atoms with Gasteiger partial charge in [0.2, 0.25) is 0 Å². The van der Waals surface area contributed by atoms with Crippen molar-refractivity contribution in [3.8, 4) is 11.5 Å².